The zero-order valence-electron chi connectivity index (χ0n) is 12.3. The van der Waals surface area contributed by atoms with Gasteiger partial charge in [0.05, 0.1) is 19.1 Å². The first-order valence-corrected chi connectivity index (χ1v) is 8.14. The predicted molar refractivity (Wildman–Crippen MR) is 85.4 cm³/mol. The number of hydrogen-bond donors (Lipinski definition) is 1. The zero-order chi connectivity index (χ0) is 15.2. The standard InChI is InChI=1S/C16H22BrNO3/c1-12-2-3-13(10-15(12)17)11-18-7-4-14(5-8-18)21-9-6-16(19)20/h2-3,10,14H,4-9,11H2,1H3,(H,19,20). The van der Waals surface area contributed by atoms with Gasteiger partial charge in [0.1, 0.15) is 0 Å². The Bertz CT molecular complexity index is 484. The van der Waals surface area contributed by atoms with E-state index in [0.717, 1.165) is 36.9 Å². The molecule has 0 aliphatic carbocycles. The maximum absolute atomic E-state index is 10.5. The lowest BCUT2D eigenvalue weighted by atomic mass is 10.1. The van der Waals surface area contributed by atoms with Gasteiger partial charge in [-0.25, -0.2) is 0 Å². The molecule has 1 aliphatic heterocycles. The van der Waals surface area contributed by atoms with Crippen LogP contribution in [0.2, 0.25) is 0 Å². The summed E-state index contributed by atoms with van der Waals surface area (Å²) in [7, 11) is 0. The lowest BCUT2D eigenvalue weighted by Gasteiger charge is -2.31. The Labute approximate surface area is 134 Å². The number of ether oxygens (including phenoxy) is 1. The Kier molecular flexibility index (Phi) is 6.21. The van der Waals surface area contributed by atoms with E-state index in [2.05, 4.69) is 46.0 Å². The minimum absolute atomic E-state index is 0.0948. The highest BCUT2D eigenvalue weighted by Gasteiger charge is 2.20. The van der Waals surface area contributed by atoms with Crippen molar-refractivity contribution >= 4 is 21.9 Å². The van der Waals surface area contributed by atoms with Crippen LogP contribution in [0.4, 0.5) is 0 Å². The molecular weight excluding hydrogens is 334 g/mol. The van der Waals surface area contributed by atoms with E-state index < -0.39 is 5.97 Å². The second kappa shape index (κ2) is 7.92. The molecule has 116 valence electrons. The van der Waals surface area contributed by atoms with E-state index in [0.29, 0.717) is 6.61 Å². The predicted octanol–water partition coefficient (Wildman–Crippen LogP) is 3.21. The number of halogens is 1. The number of carboxylic acid groups (broad SMARTS) is 1. The molecule has 1 aliphatic rings. The molecule has 2 rings (SSSR count). The Morgan fingerprint density at radius 2 is 2.14 bits per heavy atom. The van der Waals surface area contributed by atoms with Crippen LogP contribution in [0.25, 0.3) is 0 Å². The molecule has 0 amide bonds. The van der Waals surface area contributed by atoms with Gasteiger partial charge >= 0.3 is 5.97 Å². The monoisotopic (exact) mass is 355 g/mol. The van der Waals surface area contributed by atoms with E-state index in [-0.39, 0.29) is 12.5 Å². The SMILES string of the molecule is Cc1ccc(CN2CCC(OCCC(=O)O)CC2)cc1Br. The number of aliphatic carboxylic acids is 1. The number of carboxylic acids is 1. The topological polar surface area (TPSA) is 49.8 Å². The third kappa shape index (κ3) is 5.41. The van der Waals surface area contributed by atoms with E-state index in [1.807, 2.05) is 0 Å². The molecule has 1 aromatic carbocycles. The van der Waals surface area contributed by atoms with Crippen LogP contribution in [-0.4, -0.2) is 41.8 Å². The Hall–Kier alpha value is -0.910. The molecule has 1 aromatic rings. The second-order valence-electron chi connectivity index (χ2n) is 5.57. The second-order valence-corrected chi connectivity index (χ2v) is 6.43. The van der Waals surface area contributed by atoms with Crippen LogP contribution in [0.5, 0.6) is 0 Å². The molecule has 0 atom stereocenters. The fourth-order valence-corrected chi connectivity index (χ4v) is 2.97. The Morgan fingerprint density at radius 3 is 2.76 bits per heavy atom. The number of carbonyl (C=O) groups is 1. The molecule has 0 radical (unpaired) electrons. The van der Waals surface area contributed by atoms with Crippen LogP contribution in [0.15, 0.2) is 22.7 Å². The van der Waals surface area contributed by atoms with Crippen LogP contribution in [0.1, 0.15) is 30.4 Å². The van der Waals surface area contributed by atoms with Crippen molar-refractivity contribution in [2.75, 3.05) is 19.7 Å². The van der Waals surface area contributed by atoms with Gasteiger partial charge in [0.2, 0.25) is 0 Å². The first-order valence-electron chi connectivity index (χ1n) is 7.35. The summed E-state index contributed by atoms with van der Waals surface area (Å²) >= 11 is 3.57. The van der Waals surface area contributed by atoms with E-state index in [1.165, 1.54) is 11.1 Å². The summed E-state index contributed by atoms with van der Waals surface area (Å²) in [6, 6.07) is 6.50. The molecule has 4 nitrogen and oxygen atoms in total. The molecular formula is C16H22BrNO3. The van der Waals surface area contributed by atoms with Crippen molar-refractivity contribution in [3.05, 3.63) is 33.8 Å². The largest absolute Gasteiger partial charge is 0.481 e. The summed E-state index contributed by atoms with van der Waals surface area (Å²) in [6.07, 6.45) is 2.27. The Morgan fingerprint density at radius 1 is 1.43 bits per heavy atom. The van der Waals surface area contributed by atoms with Crippen molar-refractivity contribution in [2.24, 2.45) is 0 Å². The lowest BCUT2D eigenvalue weighted by Crippen LogP contribution is -2.36. The highest BCUT2D eigenvalue weighted by molar-refractivity contribution is 9.10. The maximum atomic E-state index is 10.5. The third-order valence-electron chi connectivity index (χ3n) is 3.85. The lowest BCUT2D eigenvalue weighted by molar-refractivity contribution is -0.138. The van der Waals surface area contributed by atoms with E-state index in [1.54, 1.807) is 0 Å². The van der Waals surface area contributed by atoms with Gasteiger partial charge in [-0.1, -0.05) is 28.1 Å². The normalized spacial score (nSPS) is 17.0. The molecule has 0 saturated carbocycles. The van der Waals surface area contributed by atoms with Gasteiger partial charge in [-0.15, -0.1) is 0 Å². The molecule has 1 N–H and O–H groups in total. The number of nitrogens with zero attached hydrogens (tertiary/aromatic N) is 1. The fraction of sp³-hybridized carbons (Fsp3) is 0.562. The summed E-state index contributed by atoms with van der Waals surface area (Å²) in [4.78, 5) is 12.9. The van der Waals surface area contributed by atoms with Crippen molar-refractivity contribution in [3.63, 3.8) is 0 Å². The molecule has 0 aromatic heterocycles. The molecule has 1 heterocycles. The molecule has 5 heteroatoms. The number of likely N-dealkylation sites (tertiary alicyclic amines) is 1. The summed E-state index contributed by atoms with van der Waals surface area (Å²) in [5, 5.41) is 8.60. The molecule has 21 heavy (non-hydrogen) atoms. The molecule has 1 fully saturated rings. The van der Waals surface area contributed by atoms with Gasteiger partial charge < -0.3 is 9.84 Å². The summed E-state index contributed by atoms with van der Waals surface area (Å²) < 4.78 is 6.77. The molecule has 0 unspecified atom stereocenters. The van der Waals surface area contributed by atoms with Crippen molar-refractivity contribution in [1.82, 2.24) is 4.90 Å². The average Bonchev–Trinajstić information content (AvgIpc) is 2.44. The fourth-order valence-electron chi connectivity index (χ4n) is 2.54. The number of benzene rings is 1. The van der Waals surface area contributed by atoms with Gasteiger partial charge in [0, 0.05) is 24.1 Å². The van der Waals surface area contributed by atoms with Crippen LogP contribution in [0.3, 0.4) is 0 Å². The highest BCUT2D eigenvalue weighted by Crippen LogP contribution is 2.21. The Balaban J connectivity index is 1.73. The number of rotatable bonds is 6. The van der Waals surface area contributed by atoms with E-state index >= 15 is 0 Å². The van der Waals surface area contributed by atoms with Crippen molar-refractivity contribution in [3.8, 4) is 0 Å². The number of hydrogen-bond acceptors (Lipinski definition) is 3. The van der Waals surface area contributed by atoms with Crippen LogP contribution in [0, 0.1) is 6.92 Å². The van der Waals surface area contributed by atoms with Gasteiger partial charge in [-0.05, 0) is 37.0 Å². The van der Waals surface area contributed by atoms with Crippen LogP contribution < -0.4 is 0 Å². The van der Waals surface area contributed by atoms with Crippen LogP contribution >= 0.6 is 15.9 Å². The summed E-state index contributed by atoms with van der Waals surface area (Å²) in [6.45, 7) is 5.38. The van der Waals surface area contributed by atoms with Crippen LogP contribution in [-0.2, 0) is 16.1 Å². The number of aryl methyl sites for hydroxylation is 1. The smallest absolute Gasteiger partial charge is 0.305 e. The first kappa shape index (κ1) is 16.5. The number of piperidine rings is 1. The molecule has 0 bridgehead atoms. The maximum Gasteiger partial charge on any atom is 0.305 e. The minimum Gasteiger partial charge on any atom is -0.481 e. The quantitative estimate of drug-likeness (QED) is 0.850. The highest BCUT2D eigenvalue weighted by atomic mass is 79.9. The third-order valence-corrected chi connectivity index (χ3v) is 4.70. The van der Waals surface area contributed by atoms with Crippen molar-refractivity contribution in [2.45, 2.75) is 38.8 Å². The molecule has 0 spiro atoms. The van der Waals surface area contributed by atoms with Gasteiger partial charge in [0.15, 0.2) is 0 Å². The first-order chi connectivity index (χ1) is 10.0. The van der Waals surface area contributed by atoms with Crippen molar-refractivity contribution < 1.29 is 14.6 Å². The summed E-state index contributed by atoms with van der Waals surface area (Å²) in [5.74, 6) is -0.794. The van der Waals surface area contributed by atoms with Crippen molar-refractivity contribution in [1.29, 1.82) is 0 Å². The summed E-state index contributed by atoms with van der Waals surface area (Å²) in [5.41, 5.74) is 2.57. The average molecular weight is 356 g/mol. The van der Waals surface area contributed by atoms with Gasteiger partial charge in [-0.2, -0.15) is 0 Å². The van der Waals surface area contributed by atoms with E-state index in [9.17, 15) is 4.79 Å². The van der Waals surface area contributed by atoms with E-state index in [4.69, 9.17) is 9.84 Å². The van der Waals surface area contributed by atoms with Gasteiger partial charge in [0.25, 0.3) is 0 Å². The van der Waals surface area contributed by atoms with Gasteiger partial charge in [-0.3, -0.25) is 9.69 Å². The molecule has 1 saturated heterocycles. The zero-order valence-corrected chi connectivity index (χ0v) is 13.9. The minimum atomic E-state index is -0.794.